The highest BCUT2D eigenvalue weighted by Crippen LogP contribution is 2.19. The Morgan fingerprint density at radius 3 is 2.38 bits per heavy atom. The van der Waals surface area contributed by atoms with E-state index in [0.717, 1.165) is 11.2 Å². The Morgan fingerprint density at radius 2 is 1.67 bits per heavy atom. The minimum Gasteiger partial charge on any atom is -0.354 e. The first-order valence-corrected chi connectivity index (χ1v) is 7.92. The van der Waals surface area contributed by atoms with Gasteiger partial charge in [0.05, 0.1) is 5.52 Å². The summed E-state index contributed by atoms with van der Waals surface area (Å²) in [7, 11) is 0. The molecule has 0 aliphatic carbocycles. The van der Waals surface area contributed by atoms with Crippen LogP contribution in [-0.2, 0) is 0 Å². The molecule has 4 aromatic rings. The predicted octanol–water partition coefficient (Wildman–Crippen LogP) is 3.08. The van der Waals surface area contributed by atoms with Crippen molar-refractivity contribution in [3.63, 3.8) is 0 Å². The third-order valence-corrected chi connectivity index (χ3v) is 4.29. The Kier molecular flexibility index (Phi) is 3.16. The van der Waals surface area contributed by atoms with E-state index >= 15 is 0 Å². The number of nitrogens with one attached hydrogen (secondary N) is 1. The van der Waals surface area contributed by atoms with Crippen molar-refractivity contribution >= 4 is 21.8 Å². The van der Waals surface area contributed by atoms with E-state index in [2.05, 4.69) is 4.98 Å². The number of pyridine rings is 2. The minimum absolute atomic E-state index is 0.125. The van der Waals surface area contributed by atoms with Gasteiger partial charge in [-0.15, -0.1) is 0 Å². The summed E-state index contributed by atoms with van der Waals surface area (Å²) in [6, 6.07) is 12.9. The summed E-state index contributed by atoms with van der Waals surface area (Å²) in [6.07, 6.45) is 3.60. The first kappa shape index (κ1) is 14.5. The molecule has 3 heterocycles. The number of rotatable bonds is 2. The maximum Gasteiger partial charge on any atom is 0.283 e. The van der Waals surface area contributed by atoms with Gasteiger partial charge in [-0.25, -0.2) is 4.68 Å². The number of hydrogen-bond acceptors (Lipinski definition) is 2. The van der Waals surface area contributed by atoms with Crippen molar-refractivity contribution in [1.82, 2.24) is 14.3 Å². The minimum atomic E-state index is -0.306. The fourth-order valence-corrected chi connectivity index (χ4v) is 3.12. The zero-order chi connectivity index (χ0) is 16.8. The van der Waals surface area contributed by atoms with Crippen molar-refractivity contribution in [3.8, 4) is 0 Å². The molecule has 0 amide bonds. The number of nitrogens with zero attached hydrogens (tertiary/aromatic N) is 2. The second-order valence-corrected chi connectivity index (χ2v) is 6.19. The van der Waals surface area contributed by atoms with Crippen LogP contribution in [0.1, 0.15) is 25.5 Å². The first-order valence-electron chi connectivity index (χ1n) is 7.92. The van der Waals surface area contributed by atoms with Gasteiger partial charge in [0.25, 0.3) is 5.56 Å². The van der Waals surface area contributed by atoms with Crippen molar-refractivity contribution in [2.75, 3.05) is 0 Å². The first-order chi connectivity index (χ1) is 11.6. The number of H-pyrrole nitrogens is 1. The summed E-state index contributed by atoms with van der Waals surface area (Å²) in [4.78, 5) is 29.2. The molecule has 0 aliphatic heterocycles. The van der Waals surface area contributed by atoms with Gasteiger partial charge in [-0.05, 0) is 36.2 Å². The molecule has 1 aromatic carbocycles. The summed E-state index contributed by atoms with van der Waals surface area (Å²) >= 11 is 0. The van der Waals surface area contributed by atoms with E-state index in [1.54, 1.807) is 33.9 Å². The second kappa shape index (κ2) is 5.23. The van der Waals surface area contributed by atoms with E-state index in [0.29, 0.717) is 10.9 Å². The molecule has 24 heavy (non-hydrogen) atoms. The number of fused-ring (bicyclic) bond motifs is 2. The van der Waals surface area contributed by atoms with Crippen LogP contribution < -0.4 is 11.0 Å². The van der Waals surface area contributed by atoms with E-state index in [1.165, 1.54) is 0 Å². The van der Waals surface area contributed by atoms with Crippen molar-refractivity contribution in [3.05, 3.63) is 81.1 Å². The monoisotopic (exact) mass is 319 g/mol. The van der Waals surface area contributed by atoms with Gasteiger partial charge in [0, 0.05) is 29.0 Å². The lowest BCUT2D eigenvalue weighted by molar-refractivity contribution is 0.579. The molecule has 0 spiro atoms. The summed E-state index contributed by atoms with van der Waals surface area (Å²) in [5.41, 5.74) is 1.62. The molecule has 0 fully saturated rings. The van der Waals surface area contributed by atoms with Crippen LogP contribution in [0.4, 0.5) is 0 Å². The molecule has 0 radical (unpaired) electrons. The van der Waals surface area contributed by atoms with Gasteiger partial charge in [0.1, 0.15) is 5.39 Å². The Morgan fingerprint density at radius 1 is 0.958 bits per heavy atom. The number of aromatic nitrogens is 3. The second-order valence-electron chi connectivity index (χ2n) is 6.19. The van der Waals surface area contributed by atoms with Crippen molar-refractivity contribution in [2.24, 2.45) is 0 Å². The number of benzene rings is 1. The fourth-order valence-electron chi connectivity index (χ4n) is 3.12. The zero-order valence-electron chi connectivity index (χ0n) is 13.5. The Balaban J connectivity index is 2.24. The van der Waals surface area contributed by atoms with Crippen LogP contribution in [0.2, 0.25) is 0 Å². The molecule has 0 aliphatic rings. The maximum atomic E-state index is 13.1. The van der Waals surface area contributed by atoms with Crippen LogP contribution in [0.25, 0.3) is 21.8 Å². The van der Waals surface area contributed by atoms with E-state index in [-0.39, 0.29) is 22.3 Å². The molecule has 5 heteroatoms. The van der Waals surface area contributed by atoms with Crippen LogP contribution >= 0.6 is 0 Å². The number of hydrogen-bond donors (Lipinski definition) is 1. The molecular weight excluding hydrogens is 302 g/mol. The van der Waals surface area contributed by atoms with Gasteiger partial charge >= 0.3 is 0 Å². The van der Waals surface area contributed by atoms with Crippen molar-refractivity contribution in [1.29, 1.82) is 0 Å². The molecule has 0 atom stereocenters. The van der Waals surface area contributed by atoms with E-state index in [4.69, 9.17) is 0 Å². The lowest BCUT2D eigenvalue weighted by atomic mass is 10.1. The standard InChI is InChI=1S/C19H17N3O2/c1-12(2)16-11-15-17(19(24)22(16)21-9-5-6-10-21)18(23)13-7-3-4-8-14(13)20-15/h3-12H,1-2H3,(H,20,23). The molecule has 1 N–H and O–H groups in total. The average molecular weight is 319 g/mol. The molecule has 120 valence electrons. The molecule has 0 unspecified atom stereocenters. The van der Waals surface area contributed by atoms with Crippen LogP contribution in [0, 0.1) is 0 Å². The smallest absolute Gasteiger partial charge is 0.283 e. The highest BCUT2D eigenvalue weighted by molar-refractivity contribution is 5.92. The molecule has 5 nitrogen and oxygen atoms in total. The summed E-state index contributed by atoms with van der Waals surface area (Å²) in [6.45, 7) is 4.06. The van der Waals surface area contributed by atoms with Crippen LogP contribution in [0.5, 0.6) is 0 Å². The van der Waals surface area contributed by atoms with Gasteiger partial charge < -0.3 is 4.98 Å². The van der Waals surface area contributed by atoms with Gasteiger partial charge in [-0.2, -0.15) is 0 Å². The molecule has 0 saturated heterocycles. The van der Waals surface area contributed by atoms with Gasteiger partial charge in [-0.1, -0.05) is 26.0 Å². The summed E-state index contributed by atoms with van der Waals surface area (Å²) in [5, 5.41) is 0.713. The van der Waals surface area contributed by atoms with Gasteiger partial charge in [0.15, 0.2) is 0 Å². The lowest BCUT2D eigenvalue weighted by Gasteiger charge is -2.17. The SMILES string of the molecule is CC(C)c1cc2[nH]c3ccccc3c(=O)c2c(=O)n1-n1cccc1. The number of aromatic amines is 1. The third kappa shape index (κ3) is 2.01. The van der Waals surface area contributed by atoms with Gasteiger partial charge in [-0.3, -0.25) is 14.3 Å². The molecule has 4 rings (SSSR count). The summed E-state index contributed by atoms with van der Waals surface area (Å²) < 4.78 is 3.28. The maximum absolute atomic E-state index is 13.1. The van der Waals surface area contributed by atoms with Crippen molar-refractivity contribution < 1.29 is 0 Å². The van der Waals surface area contributed by atoms with E-state index in [1.807, 2.05) is 44.2 Å². The Labute approximate surface area is 137 Å². The fraction of sp³-hybridized carbons (Fsp3) is 0.158. The molecule has 0 saturated carbocycles. The van der Waals surface area contributed by atoms with E-state index < -0.39 is 0 Å². The largest absolute Gasteiger partial charge is 0.354 e. The average Bonchev–Trinajstić information content (AvgIpc) is 3.08. The lowest BCUT2D eigenvalue weighted by Crippen LogP contribution is -2.32. The van der Waals surface area contributed by atoms with Crippen molar-refractivity contribution in [2.45, 2.75) is 19.8 Å². The number of para-hydroxylation sites is 1. The predicted molar refractivity (Wildman–Crippen MR) is 95.7 cm³/mol. The van der Waals surface area contributed by atoms with Crippen LogP contribution in [0.15, 0.2) is 64.4 Å². The normalized spacial score (nSPS) is 11.6. The third-order valence-electron chi connectivity index (χ3n) is 4.29. The quantitative estimate of drug-likeness (QED) is 0.577. The van der Waals surface area contributed by atoms with E-state index in [9.17, 15) is 9.59 Å². The molecule has 3 aromatic heterocycles. The highest BCUT2D eigenvalue weighted by atomic mass is 16.1. The van der Waals surface area contributed by atoms with Crippen LogP contribution in [-0.4, -0.2) is 14.3 Å². The molecular formula is C19H17N3O2. The summed E-state index contributed by atoms with van der Waals surface area (Å²) in [5.74, 6) is 0.125. The highest BCUT2D eigenvalue weighted by Gasteiger charge is 2.17. The zero-order valence-corrected chi connectivity index (χ0v) is 13.5. The Hall–Kier alpha value is -3.08. The topological polar surface area (TPSA) is 59.8 Å². The van der Waals surface area contributed by atoms with Gasteiger partial charge in [0.2, 0.25) is 5.43 Å². The molecule has 0 bridgehead atoms. The van der Waals surface area contributed by atoms with Crippen LogP contribution in [0.3, 0.4) is 0 Å². The Bertz CT molecular complexity index is 1170.